The maximum absolute atomic E-state index is 13.8. The molecule has 1 N–H and O–H groups in total. The van der Waals surface area contributed by atoms with Gasteiger partial charge in [0.1, 0.15) is 5.82 Å². The van der Waals surface area contributed by atoms with Gasteiger partial charge in [0.05, 0.1) is 13.5 Å². The van der Waals surface area contributed by atoms with E-state index in [-0.39, 0.29) is 18.1 Å². The number of rotatable bonds is 5. The van der Waals surface area contributed by atoms with Crippen LogP contribution in [-0.2, 0) is 11.2 Å². The predicted molar refractivity (Wildman–Crippen MR) is 99.0 cm³/mol. The van der Waals surface area contributed by atoms with E-state index in [2.05, 4.69) is 10.3 Å². The number of benzene rings is 1. The summed E-state index contributed by atoms with van der Waals surface area (Å²) in [6.45, 7) is 1.43. The molecule has 0 saturated carbocycles. The van der Waals surface area contributed by atoms with Crippen molar-refractivity contribution >= 4 is 11.7 Å². The molecule has 6 heteroatoms. The van der Waals surface area contributed by atoms with Gasteiger partial charge in [-0.15, -0.1) is 0 Å². The second-order valence-corrected chi connectivity index (χ2v) is 6.55. The average Bonchev–Trinajstić information content (AvgIpc) is 2.68. The number of hydrogen-bond donors (Lipinski definition) is 1. The van der Waals surface area contributed by atoms with Gasteiger partial charge < -0.3 is 15.0 Å². The SMILES string of the molecule is CNc1cc(C2CCCN(C(=O)Cc3ccc(OC)c(F)c3)C2)ccn1. The fourth-order valence-corrected chi connectivity index (χ4v) is 3.42. The van der Waals surface area contributed by atoms with E-state index in [1.54, 1.807) is 18.3 Å². The number of pyridine rings is 1. The van der Waals surface area contributed by atoms with Gasteiger partial charge in [-0.3, -0.25) is 4.79 Å². The van der Waals surface area contributed by atoms with Crippen LogP contribution in [0.25, 0.3) is 0 Å². The molecule has 1 saturated heterocycles. The van der Waals surface area contributed by atoms with E-state index < -0.39 is 5.82 Å². The Labute approximate surface area is 153 Å². The van der Waals surface area contributed by atoms with Crippen LogP contribution in [-0.4, -0.2) is 43.0 Å². The first-order chi connectivity index (χ1) is 12.6. The van der Waals surface area contributed by atoms with Crippen LogP contribution < -0.4 is 10.1 Å². The maximum Gasteiger partial charge on any atom is 0.227 e. The van der Waals surface area contributed by atoms with Crippen molar-refractivity contribution in [2.24, 2.45) is 0 Å². The molecule has 3 rings (SSSR count). The monoisotopic (exact) mass is 357 g/mol. The first kappa shape index (κ1) is 18.2. The van der Waals surface area contributed by atoms with Crippen LogP contribution in [0.4, 0.5) is 10.2 Å². The Balaban J connectivity index is 1.67. The van der Waals surface area contributed by atoms with Gasteiger partial charge in [-0.05, 0) is 48.2 Å². The highest BCUT2D eigenvalue weighted by atomic mass is 19.1. The first-order valence-corrected chi connectivity index (χ1v) is 8.84. The van der Waals surface area contributed by atoms with Crippen molar-refractivity contribution in [1.29, 1.82) is 0 Å². The minimum Gasteiger partial charge on any atom is -0.494 e. The Morgan fingerprint density at radius 2 is 2.23 bits per heavy atom. The number of halogens is 1. The summed E-state index contributed by atoms with van der Waals surface area (Å²) in [5.74, 6) is 0.917. The topological polar surface area (TPSA) is 54.5 Å². The van der Waals surface area contributed by atoms with Gasteiger partial charge in [0, 0.05) is 32.3 Å². The third-order valence-corrected chi connectivity index (χ3v) is 4.86. The molecule has 1 atom stereocenters. The minimum atomic E-state index is -0.439. The largest absolute Gasteiger partial charge is 0.494 e. The fraction of sp³-hybridized carbons (Fsp3) is 0.400. The van der Waals surface area contributed by atoms with Crippen LogP contribution in [0.3, 0.4) is 0 Å². The van der Waals surface area contributed by atoms with Gasteiger partial charge in [-0.1, -0.05) is 6.07 Å². The summed E-state index contributed by atoms with van der Waals surface area (Å²) in [7, 11) is 3.27. The number of ether oxygens (including phenoxy) is 1. The second-order valence-electron chi connectivity index (χ2n) is 6.55. The molecule has 1 fully saturated rings. The Morgan fingerprint density at radius 3 is 2.96 bits per heavy atom. The molecular formula is C20H24FN3O2. The molecule has 1 aromatic carbocycles. The molecule has 26 heavy (non-hydrogen) atoms. The van der Waals surface area contributed by atoms with Crippen molar-refractivity contribution in [1.82, 2.24) is 9.88 Å². The molecule has 5 nitrogen and oxygen atoms in total. The van der Waals surface area contributed by atoms with E-state index in [0.29, 0.717) is 18.0 Å². The molecule has 138 valence electrons. The number of methoxy groups -OCH3 is 1. The van der Waals surface area contributed by atoms with Crippen LogP contribution in [0.2, 0.25) is 0 Å². The highest BCUT2D eigenvalue weighted by Crippen LogP contribution is 2.28. The maximum atomic E-state index is 13.8. The Morgan fingerprint density at radius 1 is 1.38 bits per heavy atom. The lowest BCUT2D eigenvalue weighted by atomic mass is 9.91. The van der Waals surface area contributed by atoms with Gasteiger partial charge in [0.2, 0.25) is 5.91 Å². The number of aromatic nitrogens is 1. The summed E-state index contributed by atoms with van der Waals surface area (Å²) in [6, 6.07) is 8.73. The summed E-state index contributed by atoms with van der Waals surface area (Å²) in [4.78, 5) is 18.8. The Bertz CT molecular complexity index is 781. The summed E-state index contributed by atoms with van der Waals surface area (Å²) >= 11 is 0. The Hall–Kier alpha value is -2.63. The van der Waals surface area contributed by atoms with Gasteiger partial charge in [0.25, 0.3) is 0 Å². The molecule has 0 spiro atoms. The highest BCUT2D eigenvalue weighted by Gasteiger charge is 2.25. The number of hydrogen-bond acceptors (Lipinski definition) is 4. The van der Waals surface area contributed by atoms with Crippen molar-refractivity contribution < 1.29 is 13.9 Å². The lowest BCUT2D eigenvalue weighted by Gasteiger charge is -2.33. The highest BCUT2D eigenvalue weighted by molar-refractivity contribution is 5.79. The van der Waals surface area contributed by atoms with E-state index >= 15 is 0 Å². The Kier molecular flexibility index (Phi) is 5.71. The number of amides is 1. The molecule has 0 bridgehead atoms. The first-order valence-electron chi connectivity index (χ1n) is 8.84. The molecule has 2 heterocycles. The van der Waals surface area contributed by atoms with E-state index in [1.807, 2.05) is 24.1 Å². The van der Waals surface area contributed by atoms with Crippen LogP contribution in [0.1, 0.15) is 29.9 Å². The zero-order valence-electron chi connectivity index (χ0n) is 15.2. The number of nitrogens with one attached hydrogen (secondary N) is 1. The van der Waals surface area contributed by atoms with E-state index in [0.717, 1.165) is 25.2 Å². The quantitative estimate of drug-likeness (QED) is 0.893. The summed E-state index contributed by atoms with van der Waals surface area (Å²) < 4.78 is 18.8. The standard InChI is InChI=1S/C20H24FN3O2/c1-22-19-12-15(7-8-23-19)16-4-3-9-24(13-16)20(25)11-14-5-6-18(26-2)17(21)10-14/h5-8,10,12,16H,3-4,9,11,13H2,1-2H3,(H,22,23). The summed E-state index contributed by atoms with van der Waals surface area (Å²) in [5.41, 5.74) is 1.86. The van der Waals surface area contributed by atoms with Gasteiger partial charge in [-0.2, -0.15) is 0 Å². The van der Waals surface area contributed by atoms with Crippen molar-refractivity contribution in [3.05, 3.63) is 53.5 Å². The molecule has 1 aliphatic rings. The smallest absolute Gasteiger partial charge is 0.227 e. The van der Waals surface area contributed by atoms with Gasteiger partial charge in [0.15, 0.2) is 11.6 Å². The molecular weight excluding hydrogens is 333 g/mol. The number of anilines is 1. The minimum absolute atomic E-state index is 0.0298. The fourth-order valence-electron chi connectivity index (χ4n) is 3.42. The lowest BCUT2D eigenvalue weighted by molar-refractivity contribution is -0.131. The average molecular weight is 357 g/mol. The van der Waals surface area contributed by atoms with Crippen LogP contribution in [0.15, 0.2) is 36.5 Å². The molecule has 1 aliphatic heterocycles. The van der Waals surface area contributed by atoms with Gasteiger partial charge in [-0.25, -0.2) is 9.37 Å². The van der Waals surface area contributed by atoms with Crippen molar-refractivity contribution in [3.8, 4) is 5.75 Å². The van der Waals surface area contributed by atoms with Crippen LogP contribution in [0.5, 0.6) is 5.75 Å². The number of likely N-dealkylation sites (tertiary alicyclic amines) is 1. The second kappa shape index (κ2) is 8.17. The normalized spacial score (nSPS) is 17.0. The van der Waals surface area contributed by atoms with Gasteiger partial charge >= 0.3 is 0 Å². The van der Waals surface area contributed by atoms with Crippen LogP contribution >= 0.6 is 0 Å². The summed E-state index contributed by atoms with van der Waals surface area (Å²) in [5, 5.41) is 3.05. The lowest BCUT2D eigenvalue weighted by Crippen LogP contribution is -2.40. The number of carbonyl (C=O) groups excluding carboxylic acids is 1. The van der Waals surface area contributed by atoms with E-state index in [4.69, 9.17) is 4.74 Å². The number of carbonyl (C=O) groups is 1. The predicted octanol–water partition coefficient (Wildman–Crippen LogP) is 3.22. The van der Waals surface area contributed by atoms with Crippen molar-refractivity contribution in [3.63, 3.8) is 0 Å². The molecule has 1 amide bonds. The molecule has 1 aromatic heterocycles. The van der Waals surface area contributed by atoms with E-state index in [1.165, 1.54) is 18.7 Å². The number of piperidine rings is 1. The molecule has 0 aliphatic carbocycles. The zero-order valence-corrected chi connectivity index (χ0v) is 15.2. The third-order valence-electron chi connectivity index (χ3n) is 4.86. The third kappa shape index (κ3) is 4.12. The van der Waals surface area contributed by atoms with E-state index in [9.17, 15) is 9.18 Å². The molecule has 0 radical (unpaired) electrons. The van der Waals surface area contributed by atoms with Crippen LogP contribution in [0, 0.1) is 5.82 Å². The summed E-state index contributed by atoms with van der Waals surface area (Å²) in [6.07, 6.45) is 4.01. The zero-order chi connectivity index (χ0) is 18.5. The molecule has 2 aromatic rings. The van der Waals surface area contributed by atoms with Crippen molar-refractivity contribution in [2.75, 3.05) is 32.6 Å². The molecule has 1 unspecified atom stereocenters. The van der Waals surface area contributed by atoms with Crippen molar-refractivity contribution in [2.45, 2.75) is 25.2 Å². The number of nitrogens with zero attached hydrogens (tertiary/aromatic N) is 2.